The molecule has 0 saturated carbocycles. The van der Waals surface area contributed by atoms with E-state index in [4.69, 9.17) is 0 Å². The quantitative estimate of drug-likeness (QED) is 0.245. The summed E-state index contributed by atoms with van der Waals surface area (Å²) in [7, 11) is 0. The summed E-state index contributed by atoms with van der Waals surface area (Å²) in [6, 6.07) is 14.8. The highest BCUT2D eigenvalue weighted by atomic mass is 32.1. The Bertz CT molecular complexity index is 1420. The highest BCUT2D eigenvalue weighted by Gasteiger charge is 2.14. The first-order valence-electron chi connectivity index (χ1n) is 9.85. The van der Waals surface area contributed by atoms with Crippen molar-refractivity contribution < 1.29 is 8.78 Å². The molecule has 0 aliphatic heterocycles. The molecule has 1 aliphatic rings. The van der Waals surface area contributed by atoms with Crippen LogP contribution in [0.4, 0.5) is 8.78 Å². The average molecular weight is 443 g/mol. The molecule has 2 heterocycles. The smallest absolute Gasteiger partial charge is 0.123 e. The van der Waals surface area contributed by atoms with Crippen molar-refractivity contribution in [1.29, 1.82) is 0 Å². The van der Waals surface area contributed by atoms with Crippen LogP contribution in [0.25, 0.3) is 20.2 Å². The fraction of sp³-hybridized carbons (Fsp3) is 0.111. The predicted molar refractivity (Wildman–Crippen MR) is 127 cm³/mol. The molecule has 5 rings (SSSR count). The van der Waals surface area contributed by atoms with E-state index in [0.717, 1.165) is 20.7 Å². The minimum Gasteiger partial charge on any atom is -0.207 e. The van der Waals surface area contributed by atoms with Crippen LogP contribution < -0.4 is 0 Å². The van der Waals surface area contributed by atoms with Gasteiger partial charge in [-0.1, -0.05) is 36.7 Å². The number of hydrogen-bond donors (Lipinski definition) is 0. The van der Waals surface area contributed by atoms with Crippen LogP contribution in [0.15, 0.2) is 72.6 Å². The molecule has 0 fully saturated rings. The van der Waals surface area contributed by atoms with E-state index in [0.29, 0.717) is 0 Å². The lowest BCUT2D eigenvalue weighted by Crippen LogP contribution is -2.07. The zero-order valence-electron chi connectivity index (χ0n) is 16.6. The Balaban J connectivity index is 1.41. The van der Waals surface area contributed by atoms with Gasteiger partial charge < -0.3 is 0 Å². The zero-order chi connectivity index (χ0) is 21.4. The highest BCUT2D eigenvalue weighted by Crippen LogP contribution is 2.34. The van der Waals surface area contributed by atoms with Crippen LogP contribution in [0, 0.1) is 41.3 Å². The molecule has 2 aromatic heterocycles. The molecule has 0 spiro atoms. The van der Waals surface area contributed by atoms with Crippen LogP contribution >= 0.6 is 22.7 Å². The molecular weight excluding hydrogens is 426 g/mol. The van der Waals surface area contributed by atoms with Gasteiger partial charge in [-0.25, -0.2) is 8.78 Å². The summed E-state index contributed by atoms with van der Waals surface area (Å²) in [4.78, 5) is 2.00. The first kappa shape index (κ1) is 19.8. The lowest BCUT2D eigenvalue weighted by molar-refractivity contribution is 0.568. The molecule has 2 unspecified atom stereocenters. The molecular formula is C27H16F2S2. The van der Waals surface area contributed by atoms with E-state index in [-0.39, 0.29) is 23.5 Å². The number of allylic oxidation sites excluding steroid dienone is 4. The summed E-state index contributed by atoms with van der Waals surface area (Å²) in [5.41, 5.74) is 0.795. The molecule has 0 amide bonds. The van der Waals surface area contributed by atoms with Crippen molar-refractivity contribution in [2.45, 2.75) is 6.92 Å². The van der Waals surface area contributed by atoms with Gasteiger partial charge in [-0.05, 0) is 77.4 Å². The Morgan fingerprint density at radius 1 is 0.806 bits per heavy atom. The third-order valence-electron chi connectivity index (χ3n) is 5.14. The molecule has 2 aromatic carbocycles. The van der Waals surface area contributed by atoms with E-state index in [2.05, 4.69) is 47.9 Å². The van der Waals surface area contributed by atoms with Gasteiger partial charge >= 0.3 is 0 Å². The minimum atomic E-state index is -0.257. The van der Waals surface area contributed by atoms with Gasteiger partial charge in [0, 0.05) is 20.9 Å². The maximum absolute atomic E-state index is 13.3. The lowest BCUT2D eigenvalue weighted by atomic mass is 9.90. The maximum atomic E-state index is 13.3. The summed E-state index contributed by atoms with van der Waals surface area (Å²) in [5, 5.41) is 2.33. The fourth-order valence-corrected chi connectivity index (χ4v) is 5.38. The Morgan fingerprint density at radius 2 is 1.45 bits per heavy atom. The molecule has 2 atom stereocenters. The predicted octanol–water partition coefficient (Wildman–Crippen LogP) is 7.68. The molecule has 0 radical (unpaired) electrons. The number of rotatable bonds is 0. The third-order valence-corrected chi connectivity index (χ3v) is 7.17. The van der Waals surface area contributed by atoms with Crippen LogP contribution in [-0.2, 0) is 0 Å². The summed E-state index contributed by atoms with van der Waals surface area (Å²) in [6.07, 6.45) is 4.95. The number of benzene rings is 2. The molecule has 0 nitrogen and oxygen atoms in total. The van der Waals surface area contributed by atoms with Crippen molar-refractivity contribution in [1.82, 2.24) is 0 Å². The SMILES string of the molecule is CC1C=C(F)C=CC1C#Cc1cc2cc3sc(C#Cc4ccc(F)cc4)cc3cc2s1. The largest absolute Gasteiger partial charge is 0.207 e. The lowest BCUT2D eigenvalue weighted by Gasteiger charge is -2.14. The van der Waals surface area contributed by atoms with Gasteiger partial charge in [0.25, 0.3) is 0 Å². The first-order chi connectivity index (χ1) is 15.0. The van der Waals surface area contributed by atoms with Crippen molar-refractivity contribution >= 4 is 42.8 Å². The Morgan fingerprint density at radius 3 is 2.10 bits per heavy atom. The van der Waals surface area contributed by atoms with E-state index in [9.17, 15) is 8.78 Å². The van der Waals surface area contributed by atoms with Crippen molar-refractivity contribution in [3.63, 3.8) is 0 Å². The standard InChI is InChI=1S/C27H16F2S2/c1-17-12-23(29)9-5-19(17)6-11-25-14-21-16-26-20(15-27(21)31-25)13-24(30-26)10-4-18-2-7-22(28)8-3-18/h2-3,5,7-9,12-17,19H,1H3. The number of halogens is 2. The van der Waals surface area contributed by atoms with Gasteiger partial charge in [-0.2, -0.15) is 0 Å². The molecule has 0 bridgehead atoms. The van der Waals surface area contributed by atoms with Gasteiger partial charge in [-0.3, -0.25) is 0 Å². The summed E-state index contributed by atoms with van der Waals surface area (Å²) >= 11 is 3.32. The summed E-state index contributed by atoms with van der Waals surface area (Å²) in [5.74, 6) is 12.5. The van der Waals surface area contributed by atoms with Crippen LogP contribution in [0.5, 0.6) is 0 Å². The van der Waals surface area contributed by atoms with E-state index >= 15 is 0 Å². The molecule has 4 aromatic rings. The Labute approximate surface area is 187 Å². The fourth-order valence-electron chi connectivity index (χ4n) is 3.48. The second-order valence-electron chi connectivity index (χ2n) is 7.47. The van der Waals surface area contributed by atoms with Gasteiger partial charge in [0.1, 0.15) is 11.6 Å². The van der Waals surface area contributed by atoms with Crippen LogP contribution in [0.3, 0.4) is 0 Å². The average Bonchev–Trinajstić information content (AvgIpc) is 3.33. The van der Waals surface area contributed by atoms with Crippen molar-refractivity contribution in [2.75, 3.05) is 0 Å². The minimum absolute atomic E-state index is 0.0375. The first-order valence-corrected chi connectivity index (χ1v) is 11.5. The third kappa shape index (κ3) is 4.32. The molecule has 0 N–H and O–H groups in total. The van der Waals surface area contributed by atoms with Gasteiger partial charge in [0.2, 0.25) is 0 Å². The van der Waals surface area contributed by atoms with E-state index in [1.807, 2.05) is 13.0 Å². The second-order valence-corrected chi connectivity index (χ2v) is 9.64. The number of fused-ring (bicyclic) bond motifs is 2. The topological polar surface area (TPSA) is 0 Å². The monoisotopic (exact) mass is 442 g/mol. The summed E-state index contributed by atoms with van der Waals surface area (Å²) < 4.78 is 28.7. The molecule has 1 aliphatic carbocycles. The van der Waals surface area contributed by atoms with Crippen molar-refractivity contribution in [2.24, 2.45) is 11.8 Å². The van der Waals surface area contributed by atoms with Crippen molar-refractivity contribution in [3.8, 4) is 23.7 Å². The normalized spacial score (nSPS) is 17.7. The number of hydrogen-bond acceptors (Lipinski definition) is 2. The molecule has 31 heavy (non-hydrogen) atoms. The second kappa shape index (κ2) is 8.16. The molecule has 4 heteroatoms. The molecule has 0 saturated heterocycles. The zero-order valence-corrected chi connectivity index (χ0v) is 18.2. The maximum Gasteiger partial charge on any atom is 0.123 e. The Hall–Kier alpha value is -3.18. The number of thiophene rings is 2. The Kier molecular flexibility index (Phi) is 5.20. The molecule has 150 valence electrons. The van der Waals surface area contributed by atoms with E-state index in [1.54, 1.807) is 40.9 Å². The van der Waals surface area contributed by atoms with Crippen LogP contribution in [-0.4, -0.2) is 0 Å². The van der Waals surface area contributed by atoms with Crippen LogP contribution in [0.2, 0.25) is 0 Å². The summed E-state index contributed by atoms with van der Waals surface area (Å²) in [6.45, 7) is 1.98. The highest BCUT2D eigenvalue weighted by molar-refractivity contribution is 7.21. The van der Waals surface area contributed by atoms with Crippen molar-refractivity contribution in [3.05, 3.63) is 93.7 Å². The van der Waals surface area contributed by atoms with Gasteiger partial charge in [0.05, 0.1) is 9.75 Å². The van der Waals surface area contributed by atoms with Gasteiger partial charge in [0.15, 0.2) is 0 Å². The van der Waals surface area contributed by atoms with E-state index < -0.39 is 0 Å². The van der Waals surface area contributed by atoms with E-state index in [1.165, 1.54) is 33.0 Å². The van der Waals surface area contributed by atoms with Crippen LogP contribution in [0.1, 0.15) is 22.2 Å². The van der Waals surface area contributed by atoms with Gasteiger partial charge in [-0.15, -0.1) is 22.7 Å².